The lowest BCUT2D eigenvalue weighted by Crippen LogP contribution is -2.23. The summed E-state index contributed by atoms with van der Waals surface area (Å²) >= 11 is 0. The maximum absolute atomic E-state index is 12.5. The molecule has 10 nitrogen and oxygen atoms in total. The van der Waals surface area contributed by atoms with Gasteiger partial charge in [-0.15, -0.1) is 0 Å². The Morgan fingerprint density at radius 2 is 1.75 bits per heavy atom. The van der Waals surface area contributed by atoms with E-state index in [4.69, 9.17) is 4.42 Å². The van der Waals surface area contributed by atoms with Crippen molar-refractivity contribution < 1.29 is 19.1 Å². The Morgan fingerprint density at radius 1 is 0.964 bits per heavy atom. The van der Waals surface area contributed by atoms with E-state index in [1.165, 1.54) is 12.3 Å². The van der Waals surface area contributed by atoms with Crippen molar-refractivity contribution in [2.75, 3.05) is 5.32 Å². The van der Waals surface area contributed by atoms with E-state index in [1.54, 1.807) is 36.4 Å². The molecule has 1 aromatic heterocycles. The Bertz CT molecular complexity index is 1030. The molecule has 3 rings (SSSR count). The van der Waals surface area contributed by atoms with Gasteiger partial charge in [0.25, 0.3) is 17.3 Å². The van der Waals surface area contributed by atoms with Crippen LogP contribution in [0, 0.1) is 20.2 Å². The number of amides is 1. The lowest BCUT2D eigenvalue weighted by Gasteiger charge is -2.12. The van der Waals surface area contributed by atoms with E-state index < -0.39 is 27.1 Å². The molecule has 2 aromatic carbocycles. The van der Waals surface area contributed by atoms with Crippen molar-refractivity contribution >= 4 is 28.7 Å². The summed E-state index contributed by atoms with van der Waals surface area (Å²) in [5.41, 5.74) is -0.276. The number of rotatable bonds is 7. The fraction of sp³-hybridized carbons (Fsp3) is 0.0556. The molecule has 0 aliphatic heterocycles. The number of anilines is 2. The number of nitro groups is 2. The number of carbonyl (C=O) groups excluding carboxylic acids is 1. The summed E-state index contributed by atoms with van der Waals surface area (Å²) < 4.78 is 5.16. The summed E-state index contributed by atoms with van der Waals surface area (Å²) in [6.45, 7) is 0.178. The summed E-state index contributed by atoms with van der Waals surface area (Å²) in [6, 6.07) is 13.1. The Morgan fingerprint density at radius 3 is 2.43 bits per heavy atom. The molecule has 1 heterocycles. The third kappa shape index (κ3) is 4.12. The van der Waals surface area contributed by atoms with E-state index in [9.17, 15) is 25.0 Å². The van der Waals surface area contributed by atoms with Gasteiger partial charge in [-0.05, 0) is 30.3 Å². The van der Waals surface area contributed by atoms with E-state index in [2.05, 4.69) is 10.6 Å². The first-order chi connectivity index (χ1) is 13.5. The van der Waals surface area contributed by atoms with E-state index in [0.29, 0.717) is 11.4 Å². The summed E-state index contributed by atoms with van der Waals surface area (Å²) in [4.78, 5) is 33.2. The highest BCUT2D eigenvalue weighted by Crippen LogP contribution is 2.32. The van der Waals surface area contributed by atoms with Crippen molar-refractivity contribution in [3.63, 3.8) is 0 Å². The zero-order valence-corrected chi connectivity index (χ0v) is 14.3. The molecule has 3 aromatic rings. The second-order valence-electron chi connectivity index (χ2n) is 5.65. The Labute approximate surface area is 158 Å². The first-order valence-corrected chi connectivity index (χ1v) is 8.05. The fourth-order valence-electron chi connectivity index (χ4n) is 2.50. The Kier molecular flexibility index (Phi) is 5.30. The quantitative estimate of drug-likeness (QED) is 0.468. The van der Waals surface area contributed by atoms with E-state index in [1.807, 2.05) is 0 Å². The molecule has 0 unspecified atom stereocenters. The summed E-state index contributed by atoms with van der Waals surface area (Å²) in [5, 5.41) is 27.7. The number of carbonyl (C=O) groups is 1. The topological polar surface area (TPSA) is 141 Å². The highest BCUT2D eigenvalue weighted by atomic mass is 16.6. The molecule has 10 heteroatoms. The number of para-hydroxylation sites is 1. The van der Waals surface area contributed by atoms with Crippen LogP contribution >= 0.6 is 0 Å². The summed E-state index contributed by atoms with van der Waals surface area (Å²) in [5.74, 6) is 0.161. The van der Waals surface area contributed by atoms with Crippen LogP contribution in [0.15, 0.2) is 65.3 Å². The highest BCUT2D eigenvalue weighted by Gasteiger charge is 2.21. The van der Waals surface area contributed by atoms with Crippen LogP contribution in [0.5, 0.6) is 0 Å². The Hall–Kier alpha value is -4.21. The fourth-order valence-corrected chi connectivity index (χ4v) is 2.50. The second-order valence-corrected chi connectivity index (χ2v) is 5.65. The van der Waals surface area contributed by atoms with Crippen LogP contribution < -0.4 is 10.6 Å². The Balaban J connectivity index is 1.86. The molecule has 0 aliphatic carbocycles. The minimum Gasteiger partial charge on any atom is -0.467 e. The van der Waals surface area contributed by atoms with Gasteiger partial charge < -0.3 is 15.1 Å². The smallest absolute Gasteiger partial charge is 0.299 e. The molecule has 0 aliphatic rings. The van der Waals surface area contributed by atoms with Crippen molar-refractivity contribution in [3.05, 3.63) is 92.4 Å². The van der Waals surface area contributed by atoms with Gasteiger partial charge in [0.05, 0.1) is 40.0 Å². The average molecular weight is 382 g/mol. The molecular formula is C18H14N4O6. The predicted octanol–water partition coefficient (Wildman–Crippen LogP) is 3.77. The standard InChI is InChI=1S/C18H14N4O6/c23-18(19-11-13-4-3-9-28-13)14-5-1-2-6-15(14)20-16-8-7-12(21(24)25)10-17(16)22(26)27/h1-10,20H,11H2,(H,19,23). The predicted molar refractivity (Wildman–Crippen MR) is 99.4 cm³/mol. The van der Waals surface area contributed by atoms with Crippen molar-refractivity contribution in [1.82, 2.24) is 5.32 Å². The van der Waals surface area contributed by atoms with E-state index in [-0.39, 0.29) is 17.8 Å². The maximum atomic E-state index is 12.5. The van der Waals surface area contributed by atoms with Crippen molar-refractivity contribution in [2.24, 2.45) is 0 Å². The monoisotopic (exact) mass is 382 g/mol. The number of furan rings is 1. The van der Waals surface area contributed by atoms with Crippen molar-refractivity contribution in [2.45, 2.75) is 6.54 Å². The third-order valence-corrected chi connectivity index (χ3v) is 3.83. The molecule has 28 heavy (non-hydrogen) atoms. The number of hydrogen-bond donors (Lipinski definition) is 2. The van der Waals surface area contributed by atoms with Crippen LogP contribution in [0.2, 0.25) is 0 Å². The van der Waals surface area contributed by atoms with Gasteiger partial charge in [-0.25, -0.2) is 0 Å². The van der Waals surface area contributed by atoms with Gasteiger partial charge in [-0.1, -0.05) is 12.1 Å². The van der Waals surface area contributed by atoms with Gasteiger partial charge in [0.1, 0.15) is 11.4 Å². The molecule has 2 N–H and O–H groups in total. The zero-order chi connectivity index (χ0) is 20.1. The molecule has 1 amide bonds. The average Bonchev–Trinajstić information content (AvgIpc) is 3.20. The first kappa shape index (κ1) is 18.6. The van der Waals surface area contributed by atoms with Gasteiger partial charge >= 0.3 is 0 Å². The van der Waals surface area contributed by atoms with Crippen LogP contribution in [-0.4, -0.2) is 15.8 Å². The van der Waals surface area contributed by atoms with Crippen molar-refractivity contribution in [1.29, 1.82) is 0 Å². The number of hydrogen-bond acceptors (Lipinski definition) is 7. The molecule has 0 fully saturated rings. The van der Waals surface area contributed by atoms with Gasteiger partial charge in [0, 0.05) is 6.07 Å². The number of nitrogens with zero attached hydrogens (tertiary/aromatic N) is 2. The normalized spacial score (nSPS) is 10.3. The van der Waals surface area contributed by atoms with Crippen LogP contribution in [-0.2, 0) is 6.54 Å². The van der Waals surface area contributed by atoms with Crippen LogP contribution in [0.25, 0.3) is 0 Å². The molecular weight excluding hydrogens is 368 g/mol. The number of nitro benzene ring substituents is 2. The SMILES string of the molecule is O=C(NCc1ccco1)c1ccccc1Nc1ccc([N+](=O)[O-])cc1[N+](=O)[O-]. The van der Waals surface area contributed by atoms with Gasteiger partial charge in [-0.3, -0.25) is 25.0 Å². The largest absolute Gasteiger partial charge is 0.467 e. The van der Waals surface area contributed by atoms with Crippen LogP contribution in [0.3, 0.4) is 0 Å². The lowest BCUT2D eigenvalue weighted by molar-refractivity contribution is -0.393. The van der Waals surface area contributed by atoms with E-state index in [0.717, 1.165) is 12.1 Å². The van der Waals surface area contributed by atoms with Gasteiger partial charge in [0.2, 0.25) is 0 Å². The molecule has 0 saturated carbocycles. The third-order valence-electron chi connectivity index (χ3n) is 3.83. The van der Waals surface area contributed by atoms with Crippen molar-refractivity contribution in [3.8, 4) is 0 Å². The van der Waals surface area contributed by atoms with E-state index >= 15 is 0 Å². The number of non-ortho nitro benzene ring substituents is 1. The molecule has 0 saturated heterocycles. The summed E-state index contributed by atoms with van der Waals surface area (Å²) in [7, 11) is 0. The number of benzene rings is 2. The molecule has 0 spiro atoms. The minimum absolute atomic E-state index is 0.0295. The maximum Gasteiger partial charge on any atom is 0.299 e. The molecule has 0 atom stereocenters. The second kappa shape index (κ2) is 7.99. The highest BCUT2D eigenvalue weighted by molar-refractivity contribution is 6.00. The zero-order valence-electron chi connectivity index (χ0n) is 14.3. The first-order valence-electron chi connectivity index (χ1n) is 8.05. The minimum atomic E-state index is -0.727. The van der Waals surface area contributed by atoms with Gasteiger partial charge in [0.15, 0.2) is 0 Å². The lowest BCUT2D eigenvalue weighted by atomic mass is 10.1. The summed E-state index contributed by atoms with van der Waals surface area (Å²) in [6.07, 6.45) is 1.49. The van der Waals surface area contributed by atoms with Gasteiger partial charge in [-0.2, -0.15) is 0 Å². The molecule has 142 valence electrons. The van der Waals surface area contributed by atoms with Crippen LogP contribution in [0.1, 0.15) is 16.1 Å². The molecule has 0 bridgehead atoms. The molecule has 0 radical (unpaired) electrons. The number of nitrogens with one attached hydrogen (secondary N) is 2. The van der Waals surface area contributed by atoms with Crippen LogP contribution in [0.4, 0.5) is 22.7 Å².